The van der Waals surface area contributed by atoms with Crippen LogP contribution in [0.15, 0.2) is 6.07 Å². The monoisotopic (exact) mass is 261 g/mol. The number of aromatic nitrogens is 1. The summed E-state index contributed by atoms with van der Waals surface area (Å²) in [5, 5.41) is 17.0. The third kappa shape index (κ3) is 2.72. The molecule has 1 rings (SSSR count). The van der Waals surface area contributed by atoms with Crippen molar-refractivity contribution < 1.29 is 22.0 Å². The highest BCUT2D eigenvalue weighted by atomic mass is 19.4. The summed E-state index contributed by atoms with van der Waals surface area (Å²) in [6.07, 6.45) is -8.81. The Morgan fingerprint density at radius 1 is 1.28 bits per heavy atom. The van der Waals surface area contributed by atoms with Crippen molar-refractivity contribution in [2.75, 3.05) is 0 Å². The van der Waals surface area contributed by atoms with Crippen molar-refractivity contribution in [1.29, 1.82) is 10.5 Å². The van der Waals surface area contributed by atoms with Gasteiger partial charge in [-0.25, -0.2) is 13.8 Å². The Bertz CT molecular complexity index is 536. The fourth-order valence-corrected chi connectivity index (χ4v) is 1.29. The van der Waals surface area contributed by atoms with E-state index in [1.807, 2.05) is 0 Å². The van der Waals surface area contributed by atoms with E-state index in [-0.39, 0.29) is 0 Å². The Morgan fingerprint density at radius 3 is 2.28 bits per heavy atom. The molecule has 0 aromatic carbocycles. The molecule has 1 aromatic heterocycles. The molecule has 0 aliphatic heterocycles. The number of rotatable bonds is 2. The molecule has 0 N–H and O–H groups in total. The van der Waals surface area contributed by atoms with Crippen molar-refractivity contribution >= 4 is 0 Å². The highest BCUT2D eigenvalue weighted by Gasteiger charge is 2.37. The van der Waals surface area contributed by atoms with E-state index in [0.717, 1.165) is 0 Å². The van der Waals surface area contributed by atoms with Crippen LogP contribution in [0.3, 0.4) is 0 Å². The van der Waals surface area contributed by atoms with Crippen LogP contribution in [-0.4, -0.2) is 4.98 Å². The molecule has 0 spiro atoms. The molecule has 0 unspecified atom stereocenters. The van der Waals surface area contributed by atoms with E-state index in [2.05, 4.69) is 4.98 Å². The lowest BCUT2D eigenvalue weighted by Gasteiger charge is -2.12. The molecule has 0 aliphatic carbocycles. The van der Waals surface area contributed by atoms with Gasteiger partial charge in [-0.1, -0.05) is 0 Å². The molecule has 8 heteroatoms. The van der Waals surface area contributed by atoms with Gasteiger partial charge in [-0.05, 0) is 11.6 Å². The lowest BCUT2D eigenvalue weighted by molar-refractivity contribution is -0.141. The van der Waals surface area contributed by atoms with Gasteiger partial charge in [0.2, 0.25) is 0 Å². The van der Waals surface area contributed by atoms with Crippen molar-refractivity contribution in [3.8, 4) is 12.1 Å². The SMILES string of the molecule is N#CCc1cc(C(F)F)nc(C(F)(F)F)c1C#N. The minimum absolute atomic E-state index is 0.405. The van der Waals surface area contributed by atoms with Crippen molar-refractivity contribution in [2.45, 2.75) is 19.0 Å². The van der Waals surface area contributed by atoms with Crippen molar-refractivity contribution in [3.63, 3.8) is 0 Å². The summed E-state index contributed by atoms with van der Waals surface area (Å²) in [5.74, 6) is 0. The van der Waals surface area contributed by atoms with E-state index in [1.165, 1.54) is 12.1 Å². The fraction of sp³-hybridized carbons (Fsp3) is 0.300. The smallest absolute Gasteiger partial charge is 0.241 e. The van der Waals surface area contributed by atoms with Gasteiger partial charge in [0.1, 0.15) is 11.8 Å². The highest BCUT2D eigenvalue weighted by molar-refractivity contribution is 5.45. The summed E-state index contributed by atoms with van der Waals surface area (Å²) >= 11 is 0. The summed E-state index contributed by atoms with van der Waals surface area (Å²) in [6.45, 7) is 0. The van der Waals surface area contributed by atoms with Crippen molar-refractivity contribution in [1.82, 2.24) is 4.98 Å². The van der Waals surface area contributed by atoms with Gasteiger partial charge in [0.15, 0.2) is 5.69 Å². The Labute approximate surface area is 98.1 Å². The maximum atomic E-state index is 12.6. The molecule has 3 nitrogen and oxygen atoms in total. The van der Waals surface area contributed by atoms with Gasteiger partial charge >= 0.3 is 6.18 Å². The third-order valence-corrected chi connectivity index (χ3v) is 1.99. The van der Waals surface area contributed by atoms with E-state index in [1.54, 1.807) is 0 Å². The number of nitriles is 2. The molecule has 0 saturated heterocycles. The van der Waals surface area contributed by atoms with Crippen LogP contribution in [0.4, 0.5) is 22.0 Å². The first-order valence-corrected chi connectivity index (χ1v) is 4.47. The average Bonchev–Trinajstić information content (AvgIpc) is 2.27. The summed E-state index contributed by atoms with van der Waals surface area (Å²) in [7, 11) is 0. The summed E-state index contributed by atoms with van der Waals surface area (Å²) in [5.41, 5.74) is -4.09. The van der Waals surface area contributed by atoms with E-state index in [4.69, 9.17) is 10.5 Å². The van der Waals surface area contributed by atoms with E-state index < -0.39 is 41.5 Å². The van der Waals surface area contributed by atoms with Crippen molar-refractivity contribution in [2.24, 2.45) is 0 Å². The second kappa shape index (κ2) is 4.96. The van der Waals surface area contributed by atoms with Crippen LogP contribution in [-0.2, 0) is 12.6 Å². The number of hydrogen-bond acceptors (Lipinski definition) is 3. The van der Waals surface area contributed by atoms with Crippen molar-refractivity contribution in [3.05, 3.63) is 28.6 Å². The van der Waals surface area contributed by atoms with Crippen LogP contribution in [0.1, 0.15) is 28.9 Å². The molecule has 1 aromatic rings. The van der Waals surface area contributed by atoms with Gasteiger partial charge in [0.25, 0.3) is 6.43 Å². The summed E-state index contributed by atoms with van der Waals surface area (Å²) in [6, 6.07) is 3.40. The predicted molar refractivity (Wildman–Crippen MR) is 48.2 cm³/mol. The second-order valence-corrected chi connectivity index (χ2v) is 3.18. The molecule has 0 fully saturated rings. The number of nitrogens with zero attached hydrogens (tertiary/aromatic N) is 3. The zero-order valence-corrected chi connectivity index (χ0v) is 8.59. The van der Waals surface area contributed by atoms with Crippen LogP contribution >= 0.6 is 0 Å². The Morgan fingerprint density at radius 2 is 1.89 bits per heavy atom. The van der Waals surface area contributed by atoms with Crippen LogP contribution < -0.4 is 0 Å². The average molecular weight is 261 g/mol. The quantitative estimate of drug-likeness (QED) is 0.769. The molecule has 0 radical (unpaired) electrons. The fourth-order valence-electron chi connectivity index (χ4n) is 1.29. The standard InChI is InChI=1S/C10H4F5N3/c11-9(12)7-3-5(1-2-16)6(4-17)8(18-7)10(13,14)15/h3,9H,1H2. The molecule has 0 saturated carbocycles. The molecule has 18 heavy (non-hydrogen) atoms. The second-order valence-electron chi connectivity index (χ2n) is 3.18. The largest absolute Gasteiger partial charge is 0.434 e. The molecule has 0 bridgehead atoms. The maximum Gasteiger partial charge on any atom is 0.434 e. The van der Waals surface area contributed by atoms with Gasteiger partial charge in [-0.3, -0.25) is 0 Å². The van der Waals surface area contributed by atoms with E-state index >= 15 is 0 Å². The van der Waals surface area contributed by atoms with E-state index in [0.29, 0.717) is 6.07 Å². The molecular formula is C10H4F5N3. The topological polar surface area (TPSA) is 60.5 Å². The Balaban J connectivity index is 3.59. The first-order valence-electron chi connectivity index (χ1n) is 4.47. The molecule has 94 valence electrons. The molecule has 0 atom stereocenters. The van der Waals surface area contributed by atoms with Gasteiger partial charge in [-0.2, -0.15) is 23.7 Å². The van der Waals surface area contributed by atoms with Gasteiger partial charge in [0.05, 0.1) is 18.1 Å². The maximum absolute atomic E-state index is 12.6. The number of halogens is 5. The Hall–Kier alpha value is -2.22. The highest BCUT2D eigenvalue weighted by Crippen LogP contribution is 2.33. The van der Waals surface area contributed by atoms with Gasteiger partial charge in [-0.15, -0.1) is 0 Å². The first kappa shape index (κ1) is 13.8. The lowest BCUT2D eigenvalue weighted by Crippen LogP contribution is -2.14. The van der Waals surface area contributed by atoms with Crippen LogP contribution in [0.25, 0.3) is 0 Å². The lowest BCUT2D eigenvalue weighted by atomic mass is 10.0. The number of pyridine rings is 1. The van der Waals surface area contributed by atoms with E-state index in [9.17, 15) is 22.0 Å². The number of hydrogen-bond donors (Lipinski definition) is 0. The van der Waals surface area contributed by atoms with Crippen LogP contribution in [0, 0.1) is 22.7 Å². The summed E-state index contributed by atoms with van der Waals surface area (Å²) < 4.78 is 62.5. The predicted octanol–water partition coefficient (Wildman–Crippen LogP) is 2.98. The minimum atomic E-state index is -5.03. The zero-order valence-electron chi connectivity index (χ0n) is 8.59. The molecular weight excluding hydrogens is 257 g/mol. The van der Waals surface area contributed by atoms with Crippen LogP contribution in [0.5, 0.6) is 0 Å². The minimum Gasteiger partial charge on any atom is -0.241 e. The third-order valence-electron chi connectivity index (χ3n) is 1.99. The molecule has 1 heterocycles. The molecule has 0 aliphatic rings. The normalized spacial score (nSPS) is 11.1. The van der Waals surface area contributed by atoms with Gasteiger partial charge < -0.3 is 0 Å². The molecule has 0 amide bonds. The van der Waals surface area contributed by atoms with Gasteiger partial charge in [0, 0.05) is 0 Å². The Kier molecular flexibility index (Phi) is 3.82. The van der Waals surface area contributed by atoms with Crippen LogP contribution in [0.2, 0.25) is 0 Å². The number of alkyl halides is 5. The first-order chi connectivity index (χ1) is 8.31. The summed E-state index contributed by atoms with van der Waals surface area (Å²) in [4.78, 5) is 2.75. The zero-order chi connectivity index (χ0) is 13.9.